The molecule has 1 amide bonds. The molecule has 0 fully saturated rings. The summed E-state index contributed by atoms with van der Waals surface area (Å²) >= 11 is 0. The number of benzene rings is 1. The lowest BCUT2D eigenvalue weighted by atomic mass is 10.2. The van der Waals surface area contributed by atoms with Gasteiger partial charge in [0.1, 0.15) is 0 Å². The molecule has 0 spiro atoms. The molecule has 0 saturated carbocycles. The fraction of sp³-hybridized carbons (Fsp3) is 0.0909. The fourth-order valence-electron chi connectivity index (χ4n) is 1.56. The summed E-state index contributed by atoms with van der Waals surface area (Å²) in [6.45, 7) is 0.224. The van der Waals surface area contributed by atoms with E-state index in [4.69, 9.17) is 9.47 Å². The quantitative estimate of drug-likeness (QED) is 0.782. The molecular formula is C11H9N5O3. The summed E-state index contributed by atoms with van der Waals surface area (Å²) in [6, 6.07) is 5.41. The standard InChI is InChI=1S/C11H9N5O3/c17-10(12-11-13-15-16-14-11)4-2-7-1-3-8-9(5-7)19-6-18-8/h1-5H,6H2,(H2,12,13,14,15,16,17). The number of anilines is 1. The molecular weight excluding hydrogens is 250 g/mol. The van der Waals surface area contributed by atoms with E-state index in [1.54, 1.807) is 18.2 Å². The first-order valence-corrected chi connectivity index (χ1v) is 5.44. The Labute approximate surface area is 107 Å². The summed E-state index contributed by atoms with van der Waals surface area (Å²) in [5, 5.41) is 15.1. The number of carbonyl (C=O) groups excluding carboxylic acids is 1. The van der Waals surface area contributed by atoms with Gasteiger partial charge in [0.2, 0.25) is 12.7 Å². The van der Waals surface area contributed by atoms with Crippen molar-refractivity contribution in [1.82, 2.24) is 20.6 Å². The molecule has 1 aliphatic rings. The summed E-state index contributed by atoms with van der Waals surface area (Å²) in [5.41, 5.74) is 0.829. The molecule has 0 unspecified atom stereocenters. The van der Waals surface area contributed by atoms with E-state index in [0.29, 0.717) is 11.5 Å². The molecule has 3 rings (SSSR count). The minimum atomic E-state index is -0.337. The zero-order chi connectivity index (χ0) is 13.1. The molecule has 0 bridgehead atoms. The summed E-state index contributed by atoms with van der Waals surface area (Å²) in [6.07, 6.45) is 3.03. The number of hydrogen-bond donors (Lipinski definition) is 2. The highest BCUT2D eigenvalue weighted by Gasteiger charge is 2.12. The third-order valence-electron chi connectivity index (χ3n) is 2.41. The number of rotatable bonds is 3. The lowest BCUT2D eigenvalue weighted by molar-refractivity contribution is -0.111. The summed E-state index contributed by atoms with van der Waals surface area (Å²) < 4.78 is 10.4. The maximum Gasteiger partial charge on any atom is 0.250 e. The first-order chi connectivity index (χ1) is 9.31. The number of tetrazole rings is 1. The highest BCUT2D eigenvalue weighted by atomic mass is 16.7. The van der Waals surface area contributed by atoms with Gasteiger partial charge < -0.3 is 9.47 Å². The van der Waals surface area contributed by atoms with Crippen LogP contribution in [0, 0.1) is 0 Å². The predicted octanol–water partition coefficient (Wildman–Crippen LogP) is 0.580. The first kappa shape index (κ1) is 11.2. The summed E-state index contributed by atoms with van der Waals surface area (Å²) in [7, 11) is 0. The van der Waals surface area contributed by atoms with Crippen molar-refractivity contribution in [3.63, 3.8) is 0 Å². The molecule has 2 N–H and O–H groups in total. The van der Waals surface area contributed by atoms with E-state index in [9.17, 15) is 4.79 Å². The van der Waals surface area contributed by atoms with Gasteiger partial charge in [-0.05, 0) is 34.2 Å². The van der Waals surface area contributed by atoms with Crippen molar-refractivity contribution in [2.45, 2.75) is 0 Å². The van der Waals surface area contributed by atoms with Gasteiger partial charge in [0, 0.05) is 6.08 Å². The smallest absolute Gasteiger partial charge is 0.250 e. The monoisotopic (exact) mass is 259 g/mol. The predicted molar refractivity (Wildman–Crippen MR) is 64.4 cm³/mol. The van der Waals surface area contributed by atoms with Gasteiger partial charge in [-0.25, -0.2) is 5.10 Å². The number of aromatic amines is 1. The molecule has 96 valence electrons. The number of carbonyl (C=O) groups is 1. The van der Waals surface area contributed by atoms with E-state index >= 15 is 0 Å². The number of fused-ring (bicyclic) bond motifs is 1. The Morgan fingerprint density at radius 3 is 3.11 bits per heavy atom. The van der Waals surface area contributed by atoms with Crippen molar-refractivity contribution in [2.75, 3.05) is 12.1 Å². The van der Waals surface area contributed by atoms with Gasteiger partial charge in [0.25, 0.3) is 5.91 Å². The largest absolute Gasteiger partial charge is 0.454 e. The maximum atomic E-state index is 11.5. The SMILES string of the molecule is O=C(C=Cc1ccc2c(c1)OCO2)Nc1nnn[nH]1. The van der Waals surface area contributed by atoms with E-state index in [0.717, 1.165) is 5.56 Å². The average Bonchev–Trinajstić information content (AvgIpc) is 3.06. The lowest BCUT2D eigenvalue weighted by Gasteiger charge is -1.98. The normalized spacial score (nSPS) is 12.8. The third kappa shape index (κ3) is 2.51. The van der Waals surface area contributed by atoms with Crippen LogP contribution in [0.25, 0.3) is 6.08 Å². The van der Waals surface area contributed by atoms with Crippen LogP contribution in [0.15, 0.2) is 24.3 Å². The van der Waals surface area contributed by atoms with Gasteiger partial charge in [-0.3, -0.25) is 10.1 Å². The molecule has 0 radical (unpaired) electrons. The van der Waals surface area contributed by atoms with Crippen LogP contribution in [0.1, 0.15) is 5.56 Å². The van der Waals surface area contributed by atoms with Gasteiger partial charge in [-0.2, -0.15) is 0 Å². The van der Waals surface area contributed by atoms with Crippen LogP contribution >= 0.6 is 0 Å². The highest BCUT2D eigenvalue weighted by Crippen LogP contribution is 2.32. The Morgan fingerprint density at radius 2 is 2.26 bits per heavy atom. The molecule has 2 aromatic rings. The van der Waals surface area contributed by atoms with Crippen molar-refractivity contribution in [3.8, 4) is 11.5 Å². The number of nitrogens with zero attached hydrogens (tertiary/aromatic N) is 3. The Kier molecular flexibility index (Phi) is 2.81. The van der Waals surface area contributed by atoms with E-state index in [1.165, 1.54) is 6.08 Å². The van der Waals surface area contributed by atoms with E-state index < -0.39 is 0 Å². The molecule has 1 aliphatic heterocycles. The summed E-state index contributed by atoms with van der Waals surface area (Å²) in [5.74, 6) is 1.23. The molecule has 19 heavy (non-hydrogen) atoms. The van der Waals surface area contributed by atoms with E-state index in [2.05, 4.69) is 25.9 Å². The number of ether oxygens (including phenoxy) is 2. The van der Waals surface area contributed by atoms with Crippen LogP contribution in [0.2, 0.25) is 0 Å². The van der Waals surface area contributed by atoms with Crippen molar-refractivity contribution < 1.29 is 14.3 Å². The average molecular weight is 259 g/mol. The van der Waals surface area contributed by atoms with Crippen LogP contribution < -0.4 is 14.8 Å². The molecule has 0 atom stereocenters. The van der Waals surface area contributed by atoms with Crippen LogP contribution in [0.4, 0.5) is 5.95 Å². The molecule has 0 saturated heterocycles. The van der Waals surface area contributed by atoms with Crippen LogP contribution in [-0.4, -0.2) is 33.3 Å². The lowest BCUT2D eigenvalue weighted by Crippen LogP contribution is -2.09. The fourth-order valence-corrected chi connectivity index (χ4v) is 1.56. The van der Waals surface area contributed by atoms with Crippen LogP contribution in [0.5, 0.6) is 11.5 Å². The van der Waals surface area contributed by atoms with Crippen LogP contribution in [-0.2, 0) is 4.79 Å². The highest BCUT2D eigenvalue weighted by molar-refractivity contribution is 6.00. The van der Waals surface area contributed by atoms with Crippen molar-refractivity contribution in [3.05, 3.63) is 29.8 Å². The van der Waals surface area contributed by atoms with Crippen LogP contribution in [0.3, 0.4) is 0 Å². The van der Waals surface area contributed by atoms with E-state index in [-0.39, 0.29) is 18.6 Å². The minimum absolute atomic E-state index is 0.195. The molecule has 1 aromatic heterocycles. The summed E-state index contributed by atoms with van der Waals surface area (Å²) in [4.78, 5) is 11.5. The number of H-pyrrole nitrogens is 1. The Bertz CT molecular complexity index is 623. The van der Waals surface area contributed by atoms with Gasteiger partial charge in [0.15, 0.2) is 11.5 Å². The molecule has 0 aliphatic carbocycles. The zero-order valence-corrected chi connectivity index (χ0v) is 9.66. The van der Waals surface area contributed by atoms with E-state index in [1.807, 2.05) is 6.07 Å². The number of nitrogens with one attached hydrogen (secondary N) is 2. The van der Waals surface area contributed by atoms with Gasteiger partial charge in [-0.1, -0.05) is 11.2 Å². The Morgan fingerprint density at radius 1 is 1.37 bits per heavy atom. The van der Waals surface area contributed by atoms with Crippen molar-refractivity contribution in [2.24, 2.45) is 0 Å². The zero-order valence-electron chi connectivity index (χ0n) is 9.66. The number of aromatic nitrogens is 4. The second-order valence-corrected chi connectivity index (χ2v) is 3.69. The van der Waals surface area contributed by atoms with Crippen molar-refractivity contribution >= 4 is 17.9 Å². The van der Waals surface area contributed by atoms with Crippen molar-refractivity contribution in [1.29, 1.82) is 0 Å². The second kappa shape index (κ2) is 4.77. The Balaban J connectivity index is 1.67. The molecule has 8 nitrogen and oxygen atoms in total. The molecule has 2 heterocycles. The number of amides is 1. The van der Waals surface area contributed by atoms with Gasteiger partial charge in [0.05, 0.1) is 0 Å². The second-order valence-electron chi connectivity index (χ2n) is 3.69. The first-order valence-electron chi connectivity index (χ1n) is 5.44. The topological polar surface area (TPSA) is 102 Å². The minimum Gasteiger partial charge on any atom is -0.454 e. The Hall–Kier alpha value is -2.90. The maximum absolute atomic E-state index is 11.5. The molecule has 8 heteroatoms. The van der Waals surface area contributed by atoms with Gasteiger partial charge in [-0.15, -0.1) is 0 Å². The third-order valence-corrected chi connectivity index (χ3v) is 2.41. The van der Waals surface area contributed by atoms with Gasteiger partial charge >= 0.3 is 0 Å². The molecule has 1 aromatic carbocycles. The number of hydrogen-bond acceptors (Lipinski definition) is 6.